The third-order valence-corrected chi connectivity index (χ3v) is 33.8. The van der Waals surface area contributed by atoms with E-state index < -0.39 is 39.1 Å². The fourth-order valence-electron chi connectivity index (χ4n) is 2.82. The second-order valence-corrected chi connectivity index (χ2v) is 28.9. The molecule has 0 heterocycles. The molecule has 0 amide bonds. The van der Waals surface area contributed by atoms with E-state index in [0.29, 0.717) is 5.59 Å². The van der Waals surface area contributed by atoms with Gasteiger partial charge in [-0.1, -0.05) is 0 Å². The standard InChI is InChI=1S/2C8H13Si.Hf/c2*1-9(2,3)8-6-4-5-7-8;/h2*4-7H,1-3H3;. The zero-order chi connectivity index (χ0) is 14.4. The first kappa shape index (κ1) is 15.6. The predicted octanol–water partition coefficient (Wildman–Crippen LogP) is 5.39. The van der Waals surface area contributed by atoms with E-state index in [4.69, 9.17) is 0 Å². The average molecular weight is 453 g/mol. The second kappa shape index (κ2) is 4.92. The van der Waals surface area contributed by atoms with Gasteiger partial charge in [0.1, 0.15) is 0 Å². The summed E-state index contributed by atoms with van der Waals surface area (Å²) in [6.45, 7) is 15.3. The Balaban J connectivity index is 2.43. The molecule has 0 radical (unpaired) electrons. The van der Waals surface area contributed by atoms with Gasteiger partial charge in [-0.25, -0.2) is 0 Å². The Bertz CT molecular complexity index is 402. The number of hydrogen-bond acceptors (Lipinski definition) is 0. The molecule has 0 unspecified atom stereocenters. The van der Waals surface area contributed by atoms with Crippen LogP contribution in [0.2, 0.25) is 44.9 Å². The monoisotopic (exact) mass is 454 g/mol. The van der Waals surface area contributed by atoms with Crippen LogP contribution >= 0.6 is 0 Å². The van der Waals surface area contributed by atoms with Gasteiger partial charge in [-0.3, -0.25) is 0 Å². The molecule has 0 saturated carbocycles. The van der Waals surface area contributed by atoms with Gasteiger partial charge in [0.2, 0.25) is 0 Å². The Morgan fingerprint density at radius 2 is 0.842 bits per heavy atom. The normalized spacial score (nSPS) is 23.3. The van der Waals surface area contributed by atoms with E-state index in [1.165, 1.54) is 0 Å². The minimum absolute atomic E-state index is 0.520. The molecule has 0 atom stereocenters. The van der Waals surface area contributed by atoms with Crippen LogP contribution in [0.15, 0.2) is 48.6 Å². The Morgan fingerprint density at radius 1 is 0.579 bits per heavy atom. The molecule has 2 aliphatic rings. The maximum atomic E-state index is 2.57. The predicted molar refractivity (Wildman–Crippen MR) is 88.6 cm³/mol. The van der Waals surface area contributed by atoms with Crippen LogP contribution in [0.4, 0.5) is 0 Å². The molecule has 2 aliphatic carbocycles. The van der Waals surface area contributed by atoms with E-state index in [0.717, 1.165) is 0 Å². The molecule has 0 aliphatic heterocycles. The van der Waals surface area contributed by atoms with Crippen LogP contribution in [0.5, 0.6) is 0 Å². The summed E-state index contributed by atoms with van der Waals surface area (Å²) in [6.07, 6.45) is 19.5. The van der Waals surface area contributed by atoms with Crippen molar-refractivity contribution in [3.8, 4) is 0 Å². The van der Waals surface area contributed by atoms with Gasteiger partial charge in [-0.2, -0.15) is 0 Å². The first-order chi connectivity index (χ1) is 8.62. The molecule has 0 aromatic rings. The summed E-state index contributed by atoms with van der Waals surface area (Å²) in [6, 6.07) is 0. The van der Waals surface area contributed by atoms with Gasteiger partial charge in [-0.05, 0) is 0 Å². The van der Waals surface area contributed by atoms with E-state index in [2.05, 4.69) is 87.9 Å². The van der Waals surface area contributed by atoms with Crippen molar-refractivity contribution in [1.29, 1.82) is 0 Å². The van der Waals surface area contributed by atoms with E-state index in [1.54, 1.807) is 0 Å². The first-order valence-corrected chi connectivity index (χ1v) is 17.7. The van der Waals surface area contributed by atoms with Crippen LogP contribution in [0.1, 0.15) is 0 Å². The Hall–Kier alpha value is 0.264. The summed E-state index contributed by atoms with van der Waals surface area (Å²) in [5, 5.41) is 0. The fraction of sp³-hybridized carbons (Fsp3) is 0.500. The van der Waals surface area contributed by atoms with Gasteiger partial charge in [0.25, 0.3) is 0 Å². The summed E-state index contributed by atoms with van der Waals surface area (Å²) in [5.74, 6) is 0. The van der Waals surface area contributed by atoms with Crippen molar-refractivity contribution in [1.82, 2.24) is 0 Å². The van der Waals surface area contributed by atoms with Crippen molar-refractivity contribution in [2.45, 2.75) is 44.9 Å². The summed E-state index contributed by atoms with van der Waals surface area (Å²) in [5.41, 5.74) is 0. The summed E-state index contributed by atoms with van der Waals surface area (Å²) < 4.78 is 1.04. The van der Waals surface area contributed by atoms with Crippen molar-refractivity contribution >= 4 is 16.1 Å². The molecular weight excluding hydrogens is 427 g/mol. The molecule has 2 rings (SSSR count). The van der Waals surface area contributed by atoms with Crippen LogP contribution in [0.3, 0.4) is 0 Å². The fourth-order valence-corrected chi connectivity index (χ4v) is 23.5. The van der Waals surface area contributed by atoms with Gasteiger partial charge in [0.05, 0.1) is 0 Å². The van der Waals surface area contributed by atoms with Crippen molar-refractivity contribution < 1.29 is 22.9 Å². The van der Waals surface area contributed by atoms with E-state index in [-0.39, 0.29) is 0 Å². The van der Waals surface area contributed by atoms with Gasteiger partial charge in [-0.15, -0.1) is 0 Å². The molecule has 0 aromatic carbocycles. The van der Waals surface area contributed by atoms with Crippen molar-refractivity contribution in [2.24, 2.45) is 0 Å². The molecule has 102 valence electrons. The number of allylic oxidation sites excluding steroid dienone is 8. The third kappa shape index (κ3) is 2.70. The number of rotatable bonds is 4. The van der Waals surface area contributed by atoms with Gasteiger partial charge in [0.15, 0.2) is 0 Å². The van der Waals surface area contributed by atoms with Crippen LogP contribution in [0, 0.1) is 0 Å². The Labute approximate surface area is 132 Å². The van der Waals surface area contributed by atoms with Gasteiger partial charge >= 0.3 is 133 Å². The molecule has 19 heavy (non-hydrogen) atoms. The Kier molecular flexibility index (Phi) is 4.05. The molecule has 3 heteroatoms. The summed E-state index contributed by atoms with van der Waals surface area (Å²) in [7, 11) is -2.40. The maximum absolute atomic E-state index is 2.57. The summed E-state index contributed by atoms with van der Waals surface area (Å²) in [4.78, 5) is 0. The van der Waals surface area contributed by atoms with Crippen molar-refractivity contribution in [3.05, 3.63) is 48.6 Å². The zero-order valence-corrected chi connectivity index (χ0v) is 18.7. The number of hydrogen-bond donors (Lipinski definition) is 0. The second-order valence-electron chi connectivity index (χ2n) is 7.80. The summed E-state index contributed by atoms with van der Waals surface area (Å²) >= 11 is -0.902. The molecular formula is C16H26HfSi2. The minimum atomic E-state index is -1.20. The molecule has 0 nitrogen and oxygen atoms in total. The molecule has 0 bridgehead atoms. The van der Waals surface area contributed by atoms with Crippen LogP contribution in [0.25, 0.3) is 0 Å². The topological polar surface area (TPSA) is 0 Å². The third-order valence-electron chi connectivity index (χ3n) is 4.55. The van der Waals surface area contributed by atoms with Gasteiger partial charge in [0, 0.05) is 0 Å². The molecule has 0 spiro atoms. The molecule has 0 saturated heterocycles. The van der Waals surface area contributed by atoms with E-state index in [9.17, 15) is 0 Å². The zero-order valence-electron chi connectivity index (χ0n) is 13.1. The van der Waals surface area contributed by atoms with Crippen LogP contribution in [-0.4, -0.2) is 16.1 Å². The van der Waals surface area contributed by atoms with E-state index >= 15 is 0 Å². The van der Waals surface area contributed by atoms with Crippen LogP contribution in [-0.2, 0) is 22.9 Å². The van der Waals surface area contributed by atoms with Crippen LogP contribution < -0.4 is 0 Å². The Morgan fingerprint density at radius 3 is 1.05 bits per heavy atom. The average Bonchev–Trinajstić information content (AvgIpc) is 2.86. The van der Waals surface area contributed by atoms with Crippen molar-refractivity contribution in [3.63, 3.8) is 0 Å². The molecule has 0 N–H and O–H groups in total. The quantitative estimate of drug-likeness (QED) is 0.501. The molecule has 0 fully saturated rings. The van der Waals surface area contributed by atoms with Crippen molar-refractivity contribution in [2.75, 3.05) is 0 Å². The molecule has 0 aromatic heterocycles. The first-order valence-electron chi connectivity index (χ1n) is 7.15. The van der Waals surface area contributed by atoms with E-state index in [1.807, 2.05) is 0 Å². The van der Waals surface area contributed by atoms with Gasteiger partial charge < -0.3 is 0 Å². The SMILES string of the molecule is C[Si](C)(C)[C]1([Hf][C]2([Si](C)(C)C)C=CC=C2)C=CC=C1.